The Morgan fingerprint density at radius 1 is 1.64 bits per heavy atom. The number of aliphatic hydroxyl groups excluding tert-OH is 1. The Morgan fingerprint density at radius 2 is 2.36 bits per heavy atom. The quantitative estimate of drug-likeness (QED) is 0.802. The topological polar surface area (TPSA) is 33.1 Å². The van der Waals surface area contributed by atoms with Crippen molar-refractivity contribution in [3.05, 3.63) is 35.9 Å². The lowest BCUT2D eigenvalue weighted by atomic mass is 9.98. The minimum Gasteiger partial charge on any atom is -0.396 e. The first-order valence-corrected chi connectivity index (χ1v) is 4.58. The molecule has 1 aromatic rings. The number of rotatable bonds is 3. The van der Waals surface area contributed by atoms with Crippen molar-refractivity contribution in [1.29, 1.82) is 0 Å². The van der Waals surface area contributed by atoms with Crippen LogP contribution >= 0.6 is 0 Å². The molecule has 0 aliphatic heterocycles. The Labute approximate surface area is 83.1 Å². The smallest absolute Gasteiger partial charge is 0.141 e. The summed E-state index contributed by atoms with van der Waals surface area (Å²) in [6, 6.07) is 2.99. The Balaban J connectivity index is 2.96. The third kappa shape index (κ3) is 2.39. The molecule has 0 aliphatic carbocycles. The fraction of sp³-hybridized carbons (Fsp3) is 0.364. The maximum absolute atomic E-state index is 12.6. The van der Waals surface area contributed by atoms with Gasteiger partial charge in [-0.05, 0) is 24.6 Å². The van der Waals surface area contributed by atoms with Crippen LogP contribution in [0.25, 0.3) is 5.57 Å². The summed E-state index contributed by atoms with van der Waals surface area (Å²) in [5, 5.41) is 9.01. The average molecular weight is 195 g/mol. The van der Waals surface area contributed by atoms with Gasteiger partial charge in [0, 0.05) is 12.5 Å². The normalized spacial score (nSPS) is 14.1. The lowest BCUT2D eigenvalue weighted by Crippen LogP contribution is -2.05. The van der Waals surface area contributed by atoms with E-state index in [1.165, 1.54) is 12.3 Å². The Hall–Kier alpha value is -1.22. The molecule has 0 fully saturated rings. The van der Waals surface area contributed by atoms with Crippen LogP contribution in [0.2, 0.25) is 0 Å². The predicted octanol–water partition coefficient (Wildman–Crippen LogP) is 2.25. The molecule has 2 nitrogen and oxygen atoms in total. The van der Waals surface area contributed by atoms with Gasteiger partial charge in [-0.1, -0.05) is 13.0 Å². The summed E-state index contributed by atoms with van der Waals surface area (Å²) in [7, 11) is 0. The zero-order valence-electron chi connectivity index (χ0n) is 8.37. The van der Waals surface area contributed by atoms with Gasteiger partial charge in [-0.15, -0.1) is 0 Å². The molecular weight excluding hydrogens is 181 g/mol. The largest absolute Gasteiger partial charge is 0.396 e. The van der Waals surface area contributed by atoms with E-state index in [1.807, 2.05) is 19.9 Å². The number of aromatic nitrogens is 1. The number of aliphatic hydroxyl groups is 1. The summed E-state index contributed by atoms with van der Waals surface area (Å²) in [6.45, 7) is 3.85. The van der Waals surface area contributed by atoms with Crippen molar-refractivity contribution in [2.45, 2.75) is 13.8 Å². The molecule has 0 radical (unpaired) electrons. The molecule has 0 bridgehead atoms. The maximum Gasteiger partial charge on any atom is 0.141 e. The average Bonchev–Trinajstić information content (AvgIpc) is 2.21. The SMILES string of the molecule is C/C=C(/c1ccc(F)cn1)C(C)CO. The third-order valence-electron chi connectivity index (χ3n) is 2.14. The molecule has 0 saturated carbocycles. The van der Waals surface area contributed by atoms with Crippen LogP contribution in [0.4, 0.5) is 4.39 Å². The van der Waals surface area contributed by atoms with Crippen molar-refractivity contribution in [2.75, 3.05) is 6.61 Å². The molecule has 0 saturated heterocycles. The second-order valence-corrected chi connectivity index (χ2v) is 3.19. The summed E-state index contributed by atoms with van der Waals surface area (Å²) in [5.41, 5.74) is 1.66. The summed E-state index contributed by atoms with van der Waals surface area (Å²) >= 11 is 0. The first kappa shape index (κ1) is 10.9. The van der Waals surface area contributed by atoms with E-state index >= 15 is 0 Å². The first-order chi connectivity index (χ1) is 6.69. The molecule has 1 rings (SSSR count). The zero-order valence-corrected chi connectivity index (χ0v) is 8.37. The molecule has 1 heterocycles. The van der Waals surface area contributed by atoms with E-state index in [2.05, 4.69) is 4.98 Å². The highest BCUT2D eigenvalue weighted by Crippen LogP contribution is 2.20. The van der Waals surface area contributed by atoms with Crippen LogP contribution in [0.5, 0.6) is 0 Å². The van der Waals surface area contributed by atoms with E-state index in [9.17, 15) is 4.39 Å². The number of halogens is 1. The van der Waals surface area contributed by atoms with Gasteiger partial charge < -0.3 is 5.11 Å². The lowest BCUT2D eigenvalue weighted by molar-refractivity contribution is 0.266. The standard InChI is InChI=1S/C11H14FNO/c1-3-10(8(2)7-14)11-5-4-9(12)6-13-11/h3-6,8,14H,7H2,1-2H3/b10-3+. The van der Waals surface area contributed by atoms with E-state index in [0.717, 1.165) is 11.3 Å². The summed E-state index contributed by atoms with van der Waals surface area (Å²) in [4.78, 5) is 3.96. The Bertz CT molecular complexity index is 319. The molecule has 14 heavy (non-hydrogen) atoms. The predicted molar refractivity (Wildman–Crippen MR) is 54.1 cm³/mol. The highest BCUT2D eigenvalue weighted by atomic mass is 19.1. The van der Waals surface area contributed by atoms with Gasteiger partial charge in [0.15, 0.2) is 0 Å². The highest BCUT2D eigenvalue weighted by Gasteiger charge is 2.10. The molecule has 0 spiro atoms. The van der Waals surface area contributed by atoms with Crippen molar-refractivity contribution >= 4 is 5.57 Å². The first-order valence-electron chi connectivity index (χ1n) is 4.58. The second kappa shape index (κ2) is 4.86. The summed E-state index contributed by atoms with van der Waals surface area (Å²) in [5.74, 6) is -0.321. The van der Waals surface area contributed by atoms with Crippen LogP contribution in [0.15, 0.2) is 24.4 Å². The van der Waals surface area contributed by atoms with Crippen LogP contribution in [0.3, 0.4) is 0 Å². The monoisotopic (exact) mass is 195 g/mol. The van der Waals surface area contributed by atoms with Crippen molar-refractivity contribution < 1.29 is 9.50 Å². The molecule has 1 unspecified atom stereocenters. The molecule has 0 amide bonds. The molecule has 1 N–H and O–H groups in total. The maximum atomic E-state index is 12.6. The second-order valence-electron chi connectivity index (χ2n) is 3.19. The van der Waals surface area contributed by atoms with Gasteiger partial charge in [-0.3, -0.25) is 4.98 Å². The Kier molecular flexibility index (Phi) is 3.77. The lowest BCUT2D eigenvalue weighted by Gasteiger charge is -2.12. The number of pyridine rings is 1. The van der Waals surface area contributed by atoms with Crippen molar-refractivity contribution in [1.82, 2.24) is 4.98 Å². The van der Waals surface area contributed by atoms with Gasteiger partial charge in [0.25, 0.3) is 0 Å². The number of allylic oxidation sites excluding steroid dienone is 1. The van der Waals surface area contributed by atoms with Crippen molar-refractivity contribution in [2.24, 2.45) is 5.92 Å². The van der Waals surface area contributed by atoms with Crippen LogP contribution in [-0.4, -0.2) is 16.7 Å². The van der Waals surface area contributed by atoms with E-state index < -0.39 is 0 Å². The summed E-state index contributed by atoms with van der Waals surface area (Å²) < 4.78 is 12.6. The minimum absolute atomic E-state index is 0.0259. The zero-order chi connectivity index (χ0) is 10.6. The molecular formula is C11H14FNO. The van der Waals surface area contributed by atoms with Gasteiger partial charge >= 0.3 is 0 Å². The van der Waals surface area contributed by atoms with E-state index in [0.29, 0.717) is 0 Å². The van der Waals surface area contributed by atoms with Crippen molar-refractivity contribution in [3.8, 4) is 0 Å². The number of nitrogens with zero attached hydrogens (tertiary/aromatic N) is 1. The fourth-order valence-corrected chi connectivity index (χ4v) is 1.33. The fourth-order valence-electron chi connectivity index (χ4n) is 1.33. The number of hydrogen-bond donors (Lipinski definition) is 1. The van der Waals surface area contributed by atoms with Gasteiger partial charge in [0.1, 0.15) is 5.82 Å². The molecule has 0 aliphatic rings. The van der Waals surface area contributed by atoms with Crippen molar-refractivity contribution in [3.63, 3.8) is 0 Å². The minimum atomic E-state index is -0.346. The van der Waals surface area contributed by atoms with Crippen LogP contribution < -0.4 is 0 Å². The van der Waals surface area contributed by atoms with Gasteiger partial charge in [0.05, 0.1) is 11.9 Å². The van der Waals surface area contributed by atoms with E-state index in [1.54, 1.807) is 6.07 Å². The van der Waals surface area contributed by atoms with E-state index in [4.69, 9.17) is 5.11 Å². The Morgan fingerprint density at radius 3 is 2.79 bits per heavy atom. The van der Waals surface area contributed by atoms with Gasteiger partial charge in [-0.25, -0.2) is 4.39 Å². The van der Waals surface area contributed by atoms with Crippen LogP contribution in [0.1, 0.15) is 19.5 Å². The van der Waals surface area contributed by atoms with Gasteiger partial charge in [-0.2, -0.15) is 0 Å². The third-order valence-corrected chi connectivity index (χ3v) is 2.14. The molecule has 1 atom stereocenters. The molecule has 76 valence electrons. The molecule has 0 aromatic carbocycles. The number of hydrogen-bond acceptors (Lipinski definition) is 2. The van der Waals surface area contributed by atoms with Crippen LogP contribution in [-0.2, 0) is 0 Å². The highest BCUT2D eigenvalue weighted by molar-refractivity contribution is 5.63. The van der Waals surface area contributed by atoms with E-state index in [-0.39, 0.29) is 18.3 Å². The van der Waals surface area contributed by atoms with Crippen LogP contribution in [0, 0.1) is 11.7 Å². The molecule has 1 aromatic heterocycles. The molecule has 3 heteroatoms. The summed E-state index contributed by atoms with van der Waals surface area (Å²) in [6.07, 6.45) is 3.07. The van der Waals surface area contributed by atoms with Gasteiger partial charge in [0.2, 0.25) is 0 Å².